The van der Waals surface area contributed by atoms with E-state index in [1.807, 2.05) is 0 Å². The van der Waals surface area contributed by atoms with Crippen LogP contribution in [0.3, 0.4) is 0 Å². The molecule has 0 radical (unpaired) electrons. The molecular weight excluding hydrogens is 250 g/mol. The van der Waals surface area contributed by atoms with Gasteiger partial charge in [-0.1, -0.05) is 0 Å². The average molecular weight is 265 g/mol. The summed E-state index contributed by atoms with van der Waals surface area (Å²) in [6.07, 6.45) is 0. The zero-order valence-corrected chi connectivity index (χ0v) is 10.6. The lowest BCUT2D eigenvalue weighted by molar-refractivity contribution is -0.122. The number of likely N-dealkylation sites (N-methyl/N-ethyl adjacent to an activating group) is 1. The van der Waals surface area contributed by atoms with Crippen molar-refractivity contribution >= 4 is 23.6 Å². The number of amides is 3. The number of carboxylic acids is 1. The SMILES string of the molecule is CNC(=O)C(C)NC(=O)Nc1ccc(C(=O)O)cc1. The minimum Gasteiger partial charge on any atom is -0.478 e. The average Bonchev–Trinajstić information content (AvgIpc) is 2.38. The van der Waals surface area contributed by atoms with E-state index in [-0.39, 0.29) is 11.5 Å². The fraction of sp³-hybridized carbons (Fsp3) is 0.250. The van der Waals surface area contributed by atoms with Gasteiger partial charge in [0, 0.05) is 12.7 Å². The number of carboxylic acid groups (broad SMARTS) is 1. The Morgan fingerprint density at radius 3 is 2.21 bits per heavy atom. The van der Waals surface area contributed by atoms with E-state index >= 15 is 0 Å². The van der Waals surface area contributed by atoms with Gasteiger partial charge in [-0.2, -0.15) is 0 Å². The van der Waals surface area contributed by atoms with E-state index in [1.165, 1.54) is 31.3 Å². The van der Waals surface area contributed by atoms with Crippen molar-refractivity contribution in [3.63, 3.8) is 0 Å². The van der Waals surface area contributed by atoms with Crippen LogP contribution in [0.4, 0.5) is 10.5 Å². The Labute approximate surface area is 110 Å². The van der Waals surface area contributed by atoms with E-state index < -0.39 is 18.0 Å². The summed E-state index contributed by atoms with van der Waals surface area (Å²) < 4.78 is 0. The second-order valence-electron chi connectivity index (χ2n) is 3.82. The molecule has 0 saturated heterocycles. The van der Waals surface area contributed by atoms with Crippen LogP contribution >= 0.6 is 0 Å². The molecule has 19 heavy (non-hydrogen) atoms. The molecule has 0 aliphatic rings. The second-order valence-corrected chi connectivity index (χ2v) is 3.82. The van der Waals surface area contributed by atoms with Crippen molar-refractivity contribution in [2.75, 3.05) is 12.4 Å². The maximum atomic E-state index is 11.5. The maximum absolute atomic E-state index is 11.5. The second kappa shape index (κ2) is 6.39. The first kappa shape index (κ1) is 14.5. The van der Waals surface area contributed by atoms with Crippen molar-refractivity contribution in [2.45, 2.75) is 13.0 Å². The molecule has 0 aromatic heterocycles. The fourth-order valence-electron chi connectivity index (χ4n) is 1.34. The Hall–Kier alpha value is -2.57. The smallest absolute Gasteiger partial charge is 0.335 e. The van der Waals surface area contributed by atoms with E-state index in [9.17, 15) is 14.4 Å². The number of benzene rings is 1. The summed E-state index contributed by atoms with van der Waals surface area (Å²) in [7, 11) is 1.48. The van der Waals surface area contributed by atoms with Gasteiger partial charge in [0.05, 0.1) is 5.56 Å². The first-order chi connectivity index (χ1) is 8.93. The van der Waals surface area contributed by atoms with Crippen LogP contribution < -0.4 is 16.0 Å². The van der Waals surface area contributed by atoms with Gasteiger partial charge in [0.15, 0.2) is 0 Å². The Morgan fingerprint density at radius 1 is 1.16 bits per heavy atom. The van der Waals surface area contributed by atoms with Gasteiger partial charge >= 0.3 is 12.0 Å². The third kappa shape index (κ3) is 4.30. The highest BCUT2D eigenvalue weighted by atomic mass is 16.4. The van der Waals surface area contributed by atoms with E-state index in [0.717, 1.165) is 0 Å². The van der Waals surface area contributed by atoms with Gasteiger partial charge in [-0.15, -0.1) is 0 Å². The van der Waals surface area contributed by atoms with Crippen LogP contribution in [0.25, 0.3) is 0 Å². The van der Waals surface area contributed by atoms with Gasteiger partial charge in [-0.3, -0.25) is 4.79 Å². The number of anilines is 1. The lowest BCUT2D eigenvalue weighted by atomic mass is 10.2. The van der Waals surface area contributed by atoms with Crippen molar-refractivity contribution in [3.8, 4) is 0 Å². The first-order valence-corrected chi connectivity index (χ1v) is 5.56. The van der Waals surface area contributed by atoms with Crippen LogP contribution in [-0.4, -0.2) is 36.1 Å². The van der Waals surface area contributed by atoms with Crippen LogP contribution in [0.15, 0.2) is 24.3 Å². The number of aromatic carboxylic acids is 1. The van der Waals surface area contributed by atoms with Crippen LogP contribution in [-0.2, 0) is 4.79 Å². The Bertz CT molecular complexity index is 484. The topological polar surface area (TPSA) is 108 Å². The van der Waals surface area contributed by atoms with E-state index in [2.05, 4.69) is 16.0 Å². The standard InChI is InChI=1S/C12H15N3O4/c1-7(10(16)13-2)14-12(19)15-9-5-3-8(4-6-9)11(17)18/h3-7H,1-2H3,(H,13,16)(H,17,18)(H2,14,15,19). The summed E-state index contributed by atoms with van der Waals surface area (Å²) in [6, 6.07) is 4.48. The van der Waals surface area contributed by atoms with E-state index in [0.29, 0.717) is 5.69 Å². The van der Waals surface area contributed by atoms with E-state index in [1.54, 1.807) is 6.92 Å². The molecular formula is C12H15N3O4. The third-order valence-electron chi connectivity index (χ3n) is 2.38. The summed E-state index contributed by atoms with van der Waals surface area (Å²) in [4.78, 5) is 33.4. The number of carbonyl (C=O) groups excluding carboxylic acids is 2. The highest BCUT2D eigenvalue weighted by Gasteiger charge is 2.13. The van der Waals surface area contributed by atoms with Crippen LogP contribution in [0, 0.1) is 0 Å². The predicted octanol–water partition coefficient (Wildman–Crippen LogP) is 0.641. The number of hydrogen-bond acceptors (Lipinski definition) is 3. The Balaban J connectivity index is 2.57. The molecule has 1 aromatic carbocycles. The molecule has 1 aromatic rings. The van der Waals surface area contributed by atoms with Crippen molar-refractivity contribution in [2.24, 2.45) is 0 Å². The van der Waals surface area contributed by atoms with Crippen molar-refractivity contribution in [3.05, 3.63) is 29.8 Å². The van der Waals surface area contributed by atoms with Gasteiger partial charge in [-0.25, -0.2) is 9.59 Å². The molecule has 1 unspecified atom stereocenters. The highest BCUT2D eigenvalue weighted by Crippen LogP contribution is 2.09. The first-order valence-electron chi connectivity index (χ1n) is 5.56. The Morgan fingerprint density at radius 2 is 1.74 bits per heavy atom. The van der Waals surface area contributed by atoms with Crippen LogP contribution in [0.5, 0.6) is 0 Å². The molecule has 0 saturated carbocycles. The van der Waals surface area contributed by atoms with Gasteiger partial charge < -0.3 is 21.1 Å². The highest BCUT2D eigenvalue weighted by molar-refractivity contribution is 5.94. The van der Waals surface area contributed by atoms with Gasteiger partial charge in [-0.05, 0) is 31.2 Å². The number of hydrogen-bond donors (Lipinski definition) is 4. The Kier molecular flexibility index (Phi) is 4.87. The molecule has 1 rings (SSSR count). The van der Waals surface area contributed by atoms with Crippen LogP contribution in [0.2, 0.25) is 0 Å². The number of nitrogens with one attached hydrogen (secondary N) is 3. The molecule has 1 atom stereocenters. The lowest BCUT2D eigenvalue weighted by Gasteiger charge is -2.13. The molecule has 4 N–H and O–H groups in total. The monoisotopic (exact) mass is 265 g/mol. The maximum Gasteiger partial charge on any atom is 0.335 e. The summed E-state index contributed by atoms with van der Waals surface area (Å²) >= 11 is 0. The summed E-state index contributed by atoms with van der Waals surface area (Å²) in [5.74, 6) is -1.35. The lowest BCUT2D eigenvalue weighted by Crippen LogP contribution is -2.45. The number of rotatable bonds is 4. The van der Waals surface area contributed by atoms with Crippen molar-refractivity contribution in [1.29, 1.82) is 0 Å². The third-order valence-corrected chi connectivity index (χ3v) is 2.38. The quantitative estimate of drug-likeness (QED) is 0.640. The fourth-order valence-corrected chi connectivity index (χ4v) is 1.34. The molecule has 0 spiro atoms. The predicted molar refractivity (Wildman–Crippen MR) is 69.1 cm³/mol. The van der Waals surface area contributed by atoms with E-state index in [4.69, 9.17) is 5.11 Å². The molecule has 7 heteroatoms. The summed E-state index contributed by atoms with van der Waals surface area (Å²) in [5, 5.41) is 16.1. The van der Waals surface area contributed by atoms with Crippen molar-refractivity contribution in [1.82, 2.24) is 10.6 Å². The minimum absolute atomic E-state index is 0.129. The molecule has 0 bridgehead atoms. The molecule has 0 aliphatic carbocycles. The summed E-state index contributed by atoms with van der Waals surface area (Å²) in [5.41, 5.74) is 0.566. The van der Waals surface area contributed by atoms with Crippen molar-refractivity contribution < 1.29 is 19.5 Å². The number of carbonyl (C=O) groups is 3. The minimum atomic E-state index is -1.04. The number of urea groups is 1. The van der Waals surface area contributed by atoms with Gasteiger partial charge in [0.2, 0.25) is 5.91 Å². The largest absolute Gasteiger partial charge is 0.478 e. The molecule has 0 fully saturated rings. The molecule has 7 nitrogen and oxygen atoms in total. The zero-order chi connectivity index (χ0) is 14.4. The van der Waals surface area contributed by atoms with Crippen LogP contribution in [0.1, 0.15) is 17.3 Å². The molecule has 0 aliphatic heterocycles. The summed E-state index contributed by atoms with van der Waals surface area (Å²) in [6.45, 7) is 1.55. The van der Waals surface area contributed by atoms with Gasteiger partial charge in [0.25, 0.3) is 0 Å². The van der Waals surface area contributed by atoms with Gasteiger partial charge in [0.1, 0.15) is 6.04 Å². The zero-order valence-electron chi connectivity index (χ0n) is 10.6. The normalized spacial score (nSPS) is 11.3. The molecule has 0 heterocycles. The molecule has 3 amide bonds. The molecule has 102 valence electrons.